The molecule has 0 spiro atoms. The van der Waals surface area contributed by atoms with Gasteiger partial charge in [-0.3, -0.25) is 9.59 Å². The summed E-state index contributed by atoms with van der Waals surface area (Å²) in [5.41, 5.74) is 1.62. The maximum absolute atomic E-state index is 12.5. The van der Waals surface area contributed by atoms with Gasteiger partial charge in [0.25, 0.3) is 5.91 Å². The molecule has 4 amide bonds. The van der Waals surface area contributed by atoms with Gasteiger partial charge in [0.2, 0.25) is 5.91 Å². The molecule has 7 heteroatoms. The highest BCUT2D eigenvalue weighted by Gasteiger charge is 2.21. The number of benzene rings is 2. The van der Waals surface area contributed by atoms with Crippen LogP contribution in [-0.2, 0) is 4.79 Å². The number of carbonyl (C=O) groups is 3. The van der Waals surface area contributed by atoms with E-state index in [0.29, 0.717) is 29.2 Å². The van der Waals surface area contributed by atoms with Gasteiger partial charge in [-0.1, -0.05) is 32.9 Å². The highest BCUT2D eigenvalue weighted by molar-refractivity contribution is 6.05. The summed E-state index contributed by atoms with van der Waals surface area (Å²) in [6.07, 6.45) is 1.59. The number of nitrogens with one attached hydrogen (secondary N) is 4. The van der Waals surface area contributed by atoms with E-state index in [1.165, 1.54) is 0 Å². The fraction of sp³-hybridized carbons (Fsp3) is 0.227. The predicted octanol–water partition coefficient (Wildman–Crippen LogP) is 4.23. The van der Waals surface area contributed by atoms with Crippen molar-refractivity contribution in [2.75, 3.05) is 22.5 Å². The molecule has 0 unspecified atom stereocenters. The topological polar surface area (TPSA) is 99.3 Å². The third-order valence-electron chi connectivity index (χ3n) is 3.87. The van der Waals surface area contributed by atoms with Crippen LogP contribution in [0.15, 0.2) is 61.2 Å². The Balaban J connectivity index is 1.99. The monoisotopic (exact) mass is 394 g/mol. The van der Waals surface area contributed by atoms with Crippen molar-refractivity contribution in [2.45, 2.75) is 20.8 Å². The summed E-state index contributed by atoms with van der Waals surface area (Å²) >= 11 is 0. The van der Waals surface area contributed by atoms with Crippen LogP contribution in [0.25, 0.3) is 0 Å². The van der Waals surface area contributed by atoms with Gasteiger partial charge in [-0.2, -0.15) is 0 Å². The molecule has 0 saturated carbocycles. The summed E-state index contributed by atoms with van der Waals surface area (Å²) in [7, 11) is 0. The van der Waals surface area contributed by atoms with Crippen LogP contribution in [0, 0.1) is 5.41 Å². The van der Waals surface area contributed by atoms with Crippen molar-refractivity contribution in [2.24, 2.45) is 5.41 Å². The molecule has 0 aliphatic carbocycles. The molecule has 29 heavy (non-hydrogen) atoms. The lowest BCUT2D eigenvalue weighted by Crippen LogP contribution is -2.28. The van der Waals surface area contributed by atoms with E-state index in [4.69, 9.17) is 0 Å². The zero-order chi connectivity index (χ0) is 21.4. The standard InChI is InChI=1S/C22H26N4O3/c1-5-13-23-21(29)26-17-11-9-16(10-12-17)24-19(27)15-7-6-8-18(14-15)25-20(28)22(2,3)4/h5-12,14H,1,13H2,2-4H3,(H,24,27)(H,25,28)(H2,23,26,29). The summed E-state index contributed by atoms with van der Waals surface area (Å²) < 4.78 is 0. The van der Waals surface area contributed by atoms with Crippen LogP contribution in [0.3, 0.4) is 0 Å². The van der Waals surface area contributed by atoms with Crippen LogP contribution in [0.5, 0.6) is 0 Å². The molecule has 0 bridgehead atoms. The molecule has 7 nitrogen and oxygen atoms in total. The molecule has 0 aromatic heterocycles. The minimum absolute atomic E-state index is 0.129. The molecular weight excluding hydrogens is 368 g/mol. The van der Waals surface area contributed by atoms with E-state index < -0.39 is 5.41 Å². The molecule has 0 atom stereocenters. The Kier molecular flexibility index (Phi) is 7.14. The summed E-state index contributed by atoms with van der Waals surface area (Å²) in [6.45, 7) is 9.36. The number of rotatable bonds is 6. The third-order valence-corrected chi connectivity index (χ3v) is 3.87. The van der Waals surface area contributed by atoms with Crippen LogP contribution in [0.1, 0.15) is 31.1 Å². The van der Waals surface area contributed by atoms with Crippen molar-refractivity contribution in [3.05, 3.63) is 66.7 Å². The Morgan fingerprint density at radius 2 is 1.52 bits per heavy atom. The third kappa shape index (κ3) is 6.80. The second-order valence-electron chi connectivity index (χ2n) is 7.44. The number of carbonyl (C=O) groups excluding carboxylic acids is 3. The summed E-state index contributed by atoms with van der Waals surface area (Å²) in [5, 5.41) is 10.9. The molecule has 152 valence electrons. The van der Waals surface area contributed by atoms with E-state index in [9.17, 15) is 14.4 Å². The van der Waals surface area contributed by atoms with Gasteiger partial charge in [0.1, 0.15) is 0 Å². The minimum atomic E-state index is -0.531. The number of hydrogen-bond donors (Lipinski definition) is 4. The summed E-state index contributed by atoms with van der Waals surface area (Å²) in [5.74, 6) is -0.434. The quantitative estimate of drug-likeness (QED) is 0.552. The minimum Gasteiger partial charge on any atom is -0.334 e. The van der Waals surface area contributed by atoms with E-state index >= 15 is 0 Å². The van der Waals surface area contributed by atoms with E-state index in [1.54, 1.807) is 54.6 Å². The average molecular weight is 394 g/mol. The van der Waals surface area contributed by atoms with Crippen molar-refractivity contribution in [1.29, 1.82) is 0 Å². The first-order valence-corrected chi connectivity index (χ1v) is 9.18. The van der Waals surface area contributed by atoms with Gasteiger partial charge in [0.05, 0.1) is 0 Å². The van der Waals surface area contributed by atoms with Gasteiger partial charge < -0.3 is 21.3 Å². The number of amides is 4. The van der Waals surface area contributed by atoms with E-state index in [-0.39, 0.29) is 17.8 Å². The molecule has 0 fully saturated rings. The molecule has 0 aliphatic heterocycles. The first-order valence-electron chi connectivity index (χ1n) is 9.18. The number of urea groups is 1. The first-order chi connectivity index (χ1) is 13.7. The average Bonchev–Trinajstić information content (AvgIpc) is 2.67. The van der Waals surface area contributed by atoms with Crippen molar-refractivity contribution >= 4 is 34.9 Å². The van der Waals surface area contributed by atoms with Crippen molar-refractivity contribution in [3.8, 4) is 0 Å². The second kappa shape index (κ2) is 9.54. The Labute approximate surface area is 170 Å². The van der Waals surface area contributed by atoms with Crippen LogP contribution in [0.4, 0.5) is 21.9 Å². The number of hydrogen-bond acceptors (Lipinski definition) is 3. The van der Waals surface area contributed by atoms with E-state index in [1.807, 2.05) is 20.8 Å². The van der Waals surface area contributed by atoms with Gasteiger partial charge in [0.15, 0.2) is 0 Å². The highest BCUT2D eigenvalue weighted by atomic mass is 16.2. The van der Waals surface area contributed by atoms with Crippen molar-refractivity contribution < 1.29 is 14.4 Å². The van der Waals surface area contributed by atoms with Crippen LogP contribution < -0.4 is 21.3 Å². The van der Waals surface area contributed by atoms with Gasteiger partial charge in [-0.15, -0.1) is 6.58 Å². The fourth-order valence-electron chi connectivity index (χ4n) is 2.24. The fourth-order valence-corrected chi connectivity index (χ4v) is 2.24. The largest absolute Gasteiger partial charge is 0.334 e. The Hall–Kier alpha value is -3.61. The lowest BCUT2D eigenvalue weighted by Gasteiger charge is -2.18. The second-order valence-corrected chi connectivity index (χ2v) is 7.44. The van der Waals surface area contributed by atoms with Gasteiger partial charge >= 0.3 is 6.03 Å². The summed E-state index contributed by atoms with van der Waals surface area (Å²) in [6, 6.07) is 13.1. The van der Waals surface area contributed by atoms with Gasteiger partial charge in [-0.25, -0.2) is 4.79 Å². The van der Waals surface area contributed by atoms with Gasteiger partial charge in [0, 0.05) is 34.6 Å². The van der Waals surface area contributed by atoms with E-state index in [2.05, 4.69) is 27.8 Å². The zero-order valence-electron chi connectivity index (χ0n) is 16.8. The van der Waals surface area contributed by atoms with Crippen molar-refractivity contribution in [3.63, 3.8) is 0 Å². The first kappa shape index (κ1) is 21.7. The predicted molar refractivity (Wildman–Crippen MR) is 116 cm³/mol. The number of anilines is 3. The molecule has 2 aromatic carbocycles. The van der Waals surface area contributed by atoms with Crippen LogP contribution >= 0.6 is 0 Å². The maximum atomic E-state index is 12.5. The SMILES string of the molecule is C=CCNC(=O)Nc1ccc(NC(=O)c2cccc(NC(=O)C(C)(C)C)c2)cc1. The normalized spacial score (nSPS) is 10.6. The summed E-state index contributed by atoms with van der Waals surface area (Å²) in [4.78, 5) is 36.3. The van der Waals surface area contributed by atoms with Crippen LogP contribution in [-0.4, -0.2) is 24.4 Å². The van der Waals surface area contributed by atoms with Gasteiger partial charge in [-0.05, 0) is 42.5 Å². The lowest BCUT2D eigenvalue weighted by atomic mass is 9.95. The molecular formula is C22H26N4O3. The molecule has 0 saturated heterocycles. The molecule has 2 rings (SSSR count). The highest BCUT2D eigenvalue weighted by Crippen LogP contribution is 2.19. The molecule has 4 N–H and O–H groups in total. The Morgan fingerprint density at radius 3 is 2.10 bits per heavy atom. The smallest absolute Gasteiger partial charge is 0.319 e. The molecule has 2 aromatic rings. The van der Waals surface area contributed by atoms with Crippen molar-refractivity contribution in [1.82, 2.24) is 5.32 Å². The molecule has 0 heterocycles. The molecule has 0 radical (unpaired) electrons. The maximum Gasteiger partial charge on any atom is 0.319 e. The van der Waals surface area contributed by atoms with Crippen LogP contribution in [0.2, 0.25) is 0 Å². The molecule has 0 aliphatic rings. The van der Waals surface area contributed by atoms with E-state index in [0.717, 1.165) is 0 Å². The lowest BCUT2D eigenvalue weighted by molar-refractivity contribution is -0.123. The Morgan fingerprint density at radius 1 is 0.897 bits per heavy atom. The Bertz CT molecular complexity index is 899. The zero-order valence-corrected chi connectivity index (χ0v) is 16.8.